The molecule has 1 aromatic rings. The molecule has 19 heavy (non-hydrogen) atoms. The molecule has 1 unspecified atom stereocenters. The molecule has 0 saturated carbocycles. The molecule has 0 fully saturated rings. The van der Waals surface area contributed by atoms with Crippen molar-refractivity contribution in [1.29, 1.82) is 0 Å². The van der Waals surface area contributed by atoms with Crippen molar-refractivity contribution in [2.24, 2.45) is 0 Å². The minimum absolute atomic E-state index is 0.0756. The minimum Gasteiger partial charge on any atom is -0.444 e. The van der Waals surface area contributed by atoms with Crippen LogP contribution in [0.1, 0.15) is 38.3 Å². The first kappa shape index (κ1) is 14.3. The highest BCUT2D eigenvalue weighted by molar-refractivity contribution is 7.08. The van der Waals surface area contributed by atoms with Crippen LogP contribution in [0.5, 0.6) is 0 Å². The fourth-order valence-electron chi connectivity index (χ4n) is 2.30. The highest BCUT2D eigenvalue weighted by Gasteiger charge is 2.29. The zero-order valence-electron chi connectivity index (χ0n) is 11.8. The highest BCUT2D eigenvalue weighted by Crippen LogP contribution is 2.30. The van der Waals surface area contributed by atoms with Crippen molar-refractivity contribution in [1.82, 2.24) is 4.90 Å². The van der Waals surface area contributed by atoms with Gasteiger partial charge in [0, 0.05) is 18.7 Å². The molecule has 1 atom stereocenters. The Morgan fingerprint density at radius 2 is 2.21 bits per heavy atom. The van der Waals surface area contributed by atoms with Gasteiger partial charge in [-0.15, -0.1) is 11.3 Å². The average Bonchev–Trinajstić information content (AvgIpc) is 2.67. The maximum Gasteiger partial charge on any atom is 0.410 e. The molecule has 3 nitrogen and oxygen atoms in total. The number of carbonyl (C=O) groups excluding carboxylic acids is 1. The molecule has 1 aromatic heterocycles. The van der Waals surface area contributed by atoms with Crippen LogP contribution in [-0.4, -0.2) is 29.7 Å². The van der Waals surface area contributed by atoms with Gasteiger partial charge in [0.2, 0.25) is 0 Å². The third kappa shape index (κ3) is 3.26. The van der Waals surface area contributed by atoms with Crippen LogP contribution in [0.25, 0.3) is 0 Å². The standard InChI is InChI=1S/C14H20FNO2S/c1-14(2,3)18-13(17)16(4)10-5-6-11-9(7-10)8-19-12(11)15/h8,10H,5-7H2,1-4H3. The van der Waals surface area contributed by atoms with Gasteiger partial charge >= 0.3 is 6.09 Å². The van der Waals surface area contributed by atoms with Crippen LogP contribution >= 0.6 is 11.3 Å². The first-order chi connectivity index (χ1) is 8.78. The number of carbonyl (C=O) groups is 1. The molecule has 5 heteroatoms. The van der Waals surface area contributed by atoms with Gasteiger partial charge in [-0.05, 0) is 51.0 Å². The number of amides is 1. The second-order valence-corrected chi connectivity index (χ2v) is 6.83. The minimum atomic E-state index is -0.486. The van der Waals surface area contributed by atoms with Gasteiger partial charge in [0.05, 0.1) is 0 Å². The maximum atomic E-state index is 13.5. The van der Waals surface area contributed by atoms with Crippen molar-refractivity contribution in [2.75, 3.05) is 7.05 Å². The van der Waals surface area contributed by atoms with Gasteiger partial charge in [-0.3, -0.25) is 0 Å². The van der Waals surface area contributed by atoms with Crippen molar-refractivity contribution in [2.45, 2.75) is 51.7 Å². The quantitative estimate of drug-likeness (QED) is 0.789. The normalized spacial score (nSPS) is 18.9. The maximum absolute atomic E-state index is 13.5. The van der Waals surface area contributed by atoms with Gasteiger partial charge in [0.15, 0.2) is 5.13 Å². The molecule has 2 rings (SSSR count). The van der Waals surface area contributed by atoms with E-state index in [1.807, 2.05) is 26.2 Å². The Morgan fingerprint density at radius 3 is 2.84 bits per heavy atom. The van der Waals surface area contributed by atoms with Crippen molar-refractivity contribution in [3.63, 3.8) is 0 Å². The van der Waals surface area contributed by atoms with Gasteiger partial charge in [0.25, 0.3) is 0 Å². The summed E-state index contributed by atoms with van der Waals surface area (Å²) in [5.41, 5.74) is 1.38. The van der Waals surface area contributed by atoms with E-state index in [9.17, 15) is 9.18 Å². The van der Waals surface area contributed by atoms with E-state index in [1.165, 1.54) is 0 Å². The fourth-order valence-corrected chi connectivity index (χ4v) is 3.16. The van der Waals surface area contributed by atoms with E-state index in [4.69, 9.17) is 4.74 Å². The molecule has 0 radical (unpaired) electrons. The summed E-state index contributed by atoms with van der Waals surface area (Å²) in [4.78, 5) is 13.6. The molecule has 1 heterocycles. The van der Waals surface area contributed by atoms with Gasteiger partial charge < -0.3 is 9.64 Å². The van der Waals surface area contributed by atoms with Crippen LogP contribution in [0.15, 0.2) is 5.38 Å². The zero-order valence-corrected chi connectivity index (χ0v) is 12.6. The summed E-state index contributed by atoms with van der Waals surface area (Å²) < 4.78 is 18.8. The molecule has 0 aliphatic heterocycles. The Balaban J connectivity index is 2.02. The second-order valence-electron chi connectivity index (χ2n) is 6.00. The lowest BCUT2D eigenvalue weighted by atomic mass is 9.91. The van der Waals surface area contributed by atoms with E-state index in [2.05, 4.69) is 0 Å². The molecule has 0 bridgehead atoms. The van der Waals surface area contributed by atoms with Crippen LogP contribution in [0.3, 0.4) is 0 Å². The van der Waals surface area contributed by atoms with Crippen LogP contribution in [0.4, 0.5) is 9.18 Å². The Bertz CT molecular complexity index is 478. The topological polar surface area (TPSA) is 29.5 Å². The van der Waals surface area contributed by atoms with Crippen LogP contribution in [0, 0.1) is 5.13 Å². The van der Waals surface area contributed by atoms with E-state index in [0.717, 1.165) is 28.9 Å². The number of hydrogen-bond acceptors (Lipinski definition) is 3. The van der Waals surface area contributed by atoms with Crippen molar-refractivity contribution in [3.8, 4) is 0 Å². The van der Waals surface area contributed by atoms with E-state index < -0.39 is 5.60 Å². The number of nitrogens with zero attached hydrogens (tertiary/aromatic N) is 1. The number of ether oxygens (including phenoxy) is 1. The number of likely N-dealkylation sites (N-methyl/N-ethyl adjacent to an activating group) is 1. The van der Waals surface area contributed by atoms with Crippen LogP contribution in [0.2, 0.25) is 0 Å². The lowest BCUT2D eigenvalue weighted by molar-refractivity contribution is 0.0210. The third-order valence-corrected chi connectivity index (χ3v) is 4.20. The fraction of sp³-hybridized carbons (Fsp3) is 0.643. The second kappa shape index (κ2) is 5.12. The molecule has 1 aliphatic carbocycles. The molecule has 106 valence electrons. The Kier molecular flexibility index (Phi) is 3.85. The first-order valence-corrected chi connectivity index (χ1v) is 7.36. The molecule has 0 saturated heterocycles. The average molecular weight is 285 g/mol. The molecule has 0 spiro atoms. The van der Waals surface area contributed by atoms with E-state index in [1.54, 1.807) is 11.9 Å². The molecular formula is C14H20FNO2S. The van der Waals surface area contributed by atoms with Gasteiger partial charge in [-0.25, -0.2) is 4.79 Å². The number of halogens is 1. The third-order valence-electron chi connectivity index (χ3n) is 3.34. The van der Waals surface area contributed by atoms with E-state index in [-0.39, 0.29) is 17.3 Å². The number of fused-ring (bicyclic) bond motifs is 1. The molecule has 1 amide bonds. The summed E-state index contributed by atoms with van der Waals surface area (Å²) in [6.07, 6.45) is 1.89. The van der Waals surface area contributed by atoms with Crippen LogP contribution in [-0.2, 0) is 17.6 Å². The van der Waals surface area contributed by atoms with Crippen molar-refractivity contribution < 1.29 is 13.9 Å². The summed E-state index contributed by atoms with van der Waals surface area (Å²) in [6, 6.07) is 0.0938. The van der Waals surface area contributed by atoms with Crippen LogP contribution < -0.4 is 0 Å². The summed E-state index contributed by atoms with van der Waals surface area (Å²) in [6.45, 7) is 5.56. The zero-order chi connectivity index (χ0) is 14.2. The summed E-state index contributed by atoms with van der Waals surface area (Å²) in [7, 11) is 1.76. The van der Waals surface area contributed by atoms with Crippen molar-refractivity contribution >= 4 is 17.4 Å². The highest BCUT2D eigenvalue weighted by atomic mass is 32.1. The number of thiophene rings is 1. The largest absolute Gasteiger partial charge is 0.444 e. The number of rotatable bonds is 1. The Hall–Kier alpha value is -1.10. The smallest absolute Gasteiger partial charge is 0.410 e. The predicted molar refractivity (Wildman–Crippen MR) is 74.1 cm³/mol. The number of hydrogen-bond donors (Lipinski definition) is 0. The summed E-state index contributed by atoms with van der Waals surface area (Å²) in [5.74, 6) is 0. The SMILES string of the molecule is CN(C(=O)OC(C)(C)C)C1CCc2c(csc2F)C1. The summed E-state index contributed by atoms with van der Waals surface area (Å²) >= 11 is 1.15. The molecule has 1 aliphatic rings. The monoisotopic (exact) mass is 285 g/mol. The Morgan fingerprint density at radius 1 is 1.53 bits per heavy atom. The Labute approximate surface area is 117 Å². The predicted octanol–water partition coefficient (Wildman–Crippen LogP) is 3.61. The van der Waals surface area contributed by atoms with Gasteiger partial charge in [0.1, 0.15) is 5.60 Å². The van der Waals surface area contributed by atoms with Crippen molar-refractivity contribution in [3.05, 3.63) is 21.6 Å². The van der Waals surface area contributed by atoms with E-state index >= 15 is 0 Å². The summed E-state index contributed by atoms with van der Waals surface area (Å²) in [5, 5.41) is 1.79. The van der Waals surface area contributed by atoms with E-state index in [0.29, 0.717) is 12.8 Å². The molecule has 0 N–H and O–H groups in total. The first-order valence-electron chi connectivity index (χ1n) is 6.48. The molecule has 0 aromatic carbocycles. The lowest BCUT2D eigenvalue weighted by Crippen LogP contribution is -2.43. The van der Waals surface area contributed by atoms with Gasteiger partial charge in [-0.1, -0.05) is 0 Å². The lowest BCUT2D eigenvalue weighted by Gasteiger charge is -2.33. The van der Waals surface area contributed by atoms with Gasteiger partial charge in [-0.2, -0.15) is 4.39 Å². The molecular weight excluding hydrogens is 265 g/mol.